The lowest BCUT2D eigenvalue weighted by molar-refractivity contribution is 0.402. The molecule has 0 saturated carbocycles. The summed E-state index contributed by atoms with van der Waals surface area (Å²) < 4.78 is 0. The molecule has 0 atom stereocenters. The zero-order valence-electron chi connectivity index (χ0n) is 8.96. The lowest BCUT2D eigenvalue weighted by Crippen LogP contribution is -2.46. The van der Waals surface area contributed by atoms with Gasteiger partial charge in [0.15, 0.2) is 0 Å². The van der Waals surface area contributed by atoms with Crippen molar-refractivity contribution in [3.8, 4) is 0 Å². The third kappa shape index (κ3) is 3.85. The molecule has 0 radical (unpaired) electrons. The van der Waals surface area contributed by atoms with Crippen molar-refractivity contribution in [2.75, 3.05) is 13.1 Å². The van der Waals surface area contributed by atoms with Crippen molar-refractivity contribution in [2.24, 2.45) is 5.73 Å². The van der Waals surface area contributed by atoms with E-state index in [0.29, 0.717) is 6.54 Å². The van der Waals surface area contributed by atoms with Gasteiger partial charge in [-0.3, -0.25) is 4.98 Å². The first-order valence-electron chi connectivity index (χ1n) is 4.98. The van der Waals surface area contributed by atoms with Crippen molar-refractivity contribution in [2.45, 2.75) is 25.8 Å². The van der Waals surface area contributed by atoms with Crippen molar-refractivity contribution in [3.63, 3.8) is 0 Å². The Balaban J connectivity index is 2.29. The van der Waals surface area contributed by atoms with Gasteiger partial charge >= 0.3 is 0 Å². The molecule has 0 amide bonds. The van der Waals surface area contributed by atoms with E-state index in [2.05, 4.69) is 30.2 Å². The van der Waals surface area contributed by atoms with Crippen LogP contribution >= 0.6 is 0 Å². The van der Waals surface area contributed by atoms with Crippen LogP contribution in [-0.4, -0.2) is 23.6 Å². The minimum absolute atomic E-state index is 0.0300. The maximum atomic E-state index is 5.61. The highest BCUT2D eigenvalue weighted by Gasteiger charge is 2.12. The van der Waals surface area contributed by atoms with Gasteiger partial charge in [-0.25, -0.2) is 0 Å². The van der Waals surface area contributed by atoms with E-state index >= 15 is 0 Å². The van der Waals surface area contributed by atoms with Gasteiger partial charge in [-0.1, -0.05) is 6.07 Å². The lowest BCUT2D eigenvalue weighted by atomic mass is 10.1. The molecule has 3 nitrogen and oxygen atoms in total. The molecule has 78 valence electrons. The van der Waals surface area contributed by atoms with Crippen molar-refractivity contribution in [1.82, 2.24) is 10.3 Å². The molecule has 0 saturated heterocycles. The van der Waals surface area contributed by atoms with Gasteiger partial charge in [0, 0.05) is 24.5 Å². The van der Waals surface area contributed by atoms with E-state index in [4.69, 9.17) is 5.73 Å². The monoisotopic (exact) mass is 193 g/mol. The van der Waals surface area contributed by atoms with Gasteiger partial charge in [-0.2, -0.15) is 0 Å². The molecule has 0 aliphatic carbocycles. The number of nitrogens with zero attached hydrogens (tertiary/aromatic N) is 1. The minimum atomic E-state index is 0.0300. The van der Waals surface area contributed by atoms with E-state index in [0.717, 1.165) is 13.0 Å². The second kappa shape index (κ2) is 5.08. The molecular weight excluding hydrogens is 174 g/mol. The first kappa shape index (κ1) is 11.1. The van der Waals surface area contributed by atoms with Crippen molar-refractivity contribution < 1.29 is 0 Å². The summed E-state index contributed by atoms with van der Waals surface area (Å²) in [5.74, 6) is 0. The largest absolute Gasteiger partial charge is 0.329 e. The van der Waals surface area contributed by atoms with Gasteiger partial charge in [0.2, 0.25) is 0 Å². The first-order valence-corrected chi connectivity index (χ1v) is 4.98. The van der Waals surface area contributed by atoms with Crippen LogP contribution < -0.4 is 11.1 Å². The van der Waals surface area contributed by atoms with E-state index in [9.17, 15) is 0 Å². The molecule has 1 rings (SSSR count). The van der Waals surface area contributed by atoms with E-state index < -0.39 is 0 Å². The highest BCUT2D eigenvalue weighted by molar-refractivity contribution is 5.08. The maximum Gasteiger partial charge on any atom is 0.0300 e. The molecule has 0 bridgehead atoms. The lowest BCUT2D eigenvalue weighted by Gasteiger charge is -2.24. The fraction of sp³-hybridized carbons (Fsp3) is 0.545. The van der Waals surface area contributed by atoms with E-state index in [1.807, 2.05) is 12.3 Å². The molecule has 3 N–H and O–H groups in total. The fourth-order valence-corrected chi connectivity index (χ4v) is 1.16. The van der Waals surface area contributed by atoms with Gasteiger partial charge in [-0.05, 0) is 38.4 Å². The van der Waals surface area contributed by atoms with E-state index in [1.54, 1.807) is 6.20 Å². The molecule has 0 aliphatic rings. The fourth-order valence-electron chi connectivity index (χ4n) is 1.16. The second-order valence-electron chi connectivity index (χ2n) is 4.13. The van der Waals surface area contributed by atoms with Crippen LogP contribution in [0.2, 0.25) is 0 Å². The van der Waals surface area contributed by atoms with Gasteiger partial charge in [0.05, 0.1) is 0 Å². The van der Waals surface area contributed by atoms with Crippen LogP contribution in [0.4, 0.5) is 0 Å². The second-order valence-corrected chi connectivity index (χ2v) is 4.13. The molecule has 0 unspecified atom stereocenters. The van der Waals surface area contributed by atoms with Crippen LogP contribution in [0.1, 0.15) is 19.4 Å². The molecular formula is C11H19N3. The van der Waals surface area contributed by atoms with Crippen LogP contribution in [0.3, 0.4) is 0 Å². The molecule has 3 heteroatoms. The summed E-state index contributed by atoms with van der Waals surface area (Å²) in [7, 11) is 0. The SMILES string of the molecule is CC(C)(CN)NCCc1cccnc1. The molecule has 1 heterocycles. The van der Waals surface area contributed by atoms with Crippen molar-refractivity contribution >= 4 is 0 Å². The Morgan fingerprint density at radius 2 is 2.29 bits per heavy atom. The summed E-state index contributed by atoms with van der Waals surface area (Å²) in [5, 5.41) is 3.40. The van der Waals surface area contributed by atoms with Gasteiger partial charge in [-0.15, -0.1) is 0 Å². The van der Waals surface area contributed by atoms with Crippen molar-refractivity contribution in [3.05, 3.63) is 30.1 Å². The molecule has 0 aromatic carbocycles. The normalized spacial score (nSPS) is 11.6. The third-order valence-electron chi connectivity index (χ3n) is 2.25. The Hall–Kier alpha value is -0.930. The summed E-state index contributed by atoms with van der Waals surface area (Å²) in [5.41, 5.74) is 6.90. The molecule has 14 heavy (non-hydrogen) atoms. The zero-order chi connectivity index (χ0) is 10.4. The average molecular weight is 193 g/mol. The average Bonchev–Trinajstić information content (AvgIpc) is 2.19. The van der Waals surface area contributed by atoms with Crippen LogP contribution in [0.15, 0.2) is 24.5 Å². The maximum absolute atomic E-state index is 5.61. The standard InChI is InChI=1S/C11H19N3/c1-11(2,9-12)14-7-5-10-4-3-6-13-8-10/h3-4,6,8,14H,5,7,9,12H2,1-2H3. The van der Waals surface area contributed by atoms with Crippen LogP contribution in [-0.2, 0) is 6.42 Å². The Labute approximate surface area is 85.7 Å². The summed E-state index contributed by atoms with van der Waals surface area (Å²) in [4.78, 5) is 4.07. The topological polar surface area (TPSA) is 50.9 Å². The number of aromatic nitrogens is 1. The predicted molar refractivity (Wildman–Crippen MR) is 59.1 cm³/mol. The van der Waals surface area contributed by atoms with Crippen molar-refractivity contribution in [1.29, 1.82) is 0 Å². The smallest absolute Gasteiger partial charge is 0.0300 e. The predicted octanol–water partition coefficient (Wildman–Crippen LogP) is 0.951. The molecule has 0 fully saturated rings. The number of hydrogen-bond donors (Lipinski definition) is 2. The van der Waals surface area contributed by atoms with Gasteiger partial charge in [0.25, 0.3) is 0 Å². The Kier molecular flexibility index (Phi) is 4.04. The number of rotatable bonds is 5. The number of hydrogen-bond acceptors (Lipinski definition) is 3. The summed E-state index contributed by atoms with van der Waals surface area (Å²) in [6, 6.07) is 4.05. The molecule has 0 spiro atoms. The molecule has 0 aliphatic heterocycles. The quantitative estimate of drug-likeness (QED) is 0.732. The van der Waals surface area contributed by atoms with Crippen LogP contribution in [0.25, 0.3) is 0 Å². The third-order valence-corrected chi connectivity index (χ3v) is 2.25. The summed E-state index contributed by atoms with van der Waals surface area (Å²) in [6.07, 6.45) is 4.69. The molecule has 1 aromatic heterocycles. The Morgan fingerprint density at radius 1 is 1.50 bits per heavy atom. The van der Waals surface area contributed by atoms with Crippen LogP contribution in [0.5, 0.6) is 0 Å². The Morgan fingerprint density at radius 3 is 2.86 bits per heavy atom. The number of pyridine rings is 1. The first-order chi connectivity index (χ1) is 6.64. The highest BCUT2D eigenvalue weighted by Crippen LogP contribution is 2.00. The Bertz CT molecular complexity index is 256. The zero-order valence-corrected chi connectivity index (χ0v) is 8.96. The summed E-state index contributed by atoms with van der Waals surface area (Å²) >= 11 is 0. The molecule has 1 aromatic rings. The minimum Gasteiger partial charge on any atom is -0.329 e. The van der Waals surface area contributed by atoms with E-state index in [-0.39, 0.29) is 5.54 Å². The van der Waals surface area contributed by atoms with Gasteiger partial charge in [0.1, 0.15) is 0 Å². The van der Waals surface area contributed by atoms with E-state index in [1.165, 1.54) is 5.56 Å². The highest BCUT2D eigenvalue weighted by atomic mass is 15.0. The van der Waals surface area contributed by atoms with Gasteiger partial charge < -0.3 is 11.1 Å². The number of nitrogens with two attached hydrogens (primary N) is 1. The van der Waals surface area contributed by atoms with Crippen LogP contribution in [0, 0.1) is 0 Å². The summed E-state index contributed by atoms with van der Waals surface area (Å²) in [6.45, 7) is 5.81. The number of nitrogens with one attached hydrogen (secondary N) is 1.